The summed E-state index contributed by atoms with van der Waals surface area (Å²) in [5.74, 6) is -3.25. The molecule has 0 saturated heterocycles. The third-order valence-electron chi connectivity index (χ3n) is 4.37. The first-order valence-electron chi connectivity index (χ1n) is 10.3. The molecule has 12 N–H and O–H groups in total. The molecule has 14 heteroatoms. The van der Waals surface area contributed by atoms with E-state index in [1.54, 1.807) is 0 Å². The molecule has 13 nitrogen and oxygen atoms in total. The lowest BCUT2D eigenvalue weighted by atomic mass is 10.1. The number of hydrogen-bond donors (Lipinski definition) is 9. The second-order valence-corrected chi connectivity index (χ2v) is 7.59. The number of carboxylic acids is 1. The fourth-order valence-electron chi connectivity index (χ4n) is 2.56. The van der Waals surface area contributed by atoms with Crippen molar-refractivity contribution < 1.29 is 24.3 Å². The number of nitrogens with zero attached hydrogens (tertiary/aromatic N) is 1. The molecule has 0 rings (SSSR count). The van der Waals surface area contributed by atoms with Crippen molar-refractivity contribution in [2.24, 2.45) is 27.9 Å². The molecule has 184 valence electrons. The lowest BCUT2D eigenvalue weighted by Gasteiger charge is -2.24. The molecule has 0 saturated carbocycles. The summed E-state index contributed by atoms with van der Waals surface area (Å²) in [5, 5.41) is 16.8. The van der Waals surface area contributed by atoms with E-state index in [1.807, 2.05) is 0 Å². The number of carbonyl (C=O) groups is 4. The van der Waals surface area contributed by atoms with Crippen molar-refractivity contribution in [2.75, 3.05) is 18.8 Å². The van der Waals surface area contributed by atoms with E-state index in [1.165, 1.54) is 6.92 Å². The van der Waals surface area contributed by atoms with Gasteiger partial charge in [0.15, 0.2) is 5.96 Å². The zero-order valence-electron chi connectivity index (χ0n) is 18.3. The number of carbonyl (C=O) groups excluding carboxylic acids is 3. The Morgan fingerprint density at radius 2 is 1.44 bits per heavy atom. The summed E-state index contributed by atoms with van der Waals surface area (Å²) < 4.78 is 0. The summed E-state index contributed by atoms with van der Waals surface area (Å²) in [4.78, 5) is 52.5. The maximum atomic E-state index is 12.8. The Kier molecular flexibility index (Phi) is 14.8. The SMILES string of the molecule is CC(N)C(=O)NC(CS)C(=O)NC(CCCN=C(N)N)C(=O)NC(CCCCN)C(=O)O. The van der Waals surface area contributed by atoms with Crippen LogP contribution in [0.2, 0.25) is 0 Å². The average molecular weight is 477 g/mol. The number of guanidine groups is 1. The molecule has 0 heterocycles. The highest BCUT2D eigenvalue weighted by atomic mass is 32.1. The molecule has 0 radical (unpaired) electrons. The van der Waals surface area contributed by atoms with Crippen LogP contribution in [0.3, 0.4) is 0 Å². The molecule has 4 atom stereocenters. The Balaban J connectivity index is 5.30. The third kappa shape index (κ3) is 12.3. The smallest absolute Gasteiger partial charge is 0.326 e. The number of thiol groups is 1. The highest BCUT2D eigenvalue weighted by molar-refractivity contribution is 7.80. The molecular formula is C18H36N8O5S. The van der Waals surface area contributed by atoms with Crippen molar-refractivity contribution in [1.82, 2.24) is 16.0 Å². The van der Waals surface area contributed by atoms with E-state index in [0.717, 1.165) is 0 Å². The highest BCUT2D eigenvalue weighted by Gasteiger charge is 2.29. The average Bonchev–Trinajstić information content (AvgIpc) is 2.72. The quantitative estimate of drug-likeness (QED) is 0.0476. The van der Waals surface area contributed by atoms with Crippen LogP contribution in [0.4, 0.5) is 0 Å². The Hall–Kier alpha value is -2.58. The predicted octanol–water partition coefficient (Wildman–Crippen LogP) is -3.01. The first-order chi connectivity index (χ1) is 15.0. The summed E-state index contributed by atoms with van der Waals surface area (Å²) in [7, 11) is 0. The molecule has 0 bridgehead atoms. The number of amides is 3. The van der Waals surface area contributed by atoms with E-state index >= 15 is 0 Å². The zero-order valence-corrected chi connectivity index (χ0v) is 19.1. The van der Waals surface area contributed by atoms with Crippen LogP contribution in [0.25, 0.3) is 0 Å². The van der Waals surface area contributed by atoms with Crippen molar-refractivity contribution in [3.8, 4) is 0 Å². The first-order valence-corrected chi connectivity index (χ1v) is 10.9. The summed E-state index contributed by atoms with van der Waals surface area (Å²) in [5.41, 5.74) is 21.5. The van der Waals surface area contributed by atoms with Gasteiger partial charge in [0.25, 0.3) is 0 Å². The standard InChI is InChI=1S/C18H36N8O5S/c1-10(20)14(27)26-13(9-32)16(29)24-11(6-4-8-23-18(21)22)15(28)25-12(17(30)31)5-2-3-7-19/h10-13,32H,2-9,19-20H2,1H3,(H,24,29)(H,25,28)(H,26,27)(H,30,31)(H4,21,22,23). The van der Waals surface area contributed by atoms with Crippen LogP contribution in [0.5, 0.6) is 0 Å². The molecule has 32 heavy (non-hydrogen) atoms. The van der Waals surface area contributed by atoms with Crippen molar-refractivity contribution in [3.63, 3.8) is 0 Å². The first kappa shape index (κ1) is 29.4. The molecule has 4 unspecified atom stereocenters. The van der Waals surface area contributed by atoms with Gasteiger partial charge in [0, 0.05) is 12.3 Å². The maximum absolute atomic E-state index is 12.8. The molecular weight excluding hydrogens is 440 g/mol. The summed E-state index contributed by atoms with van der Waals surface area (Å²) >= 11 is 4.06. The second kappa shape index (κ2) is 16.1. The van der Waals surface area contributed by atoms with Crippen molar-refractivity contribution in [3.05, 3.63) is 0 Å². The number of nitrogens with one attached hydrogen (secondary N) is 3. The highest BCUT2D eigenvalue weighted by Crippen LogP contribution is 2.05. The van der Waals surface area contributed by atoms with Gasteiger partial charge in [-0.25, -0.2) is 4.79 Å². The number of nitrogens with two attached hydrogens (primary N) is 4. The topological polar surface area (TPSA) is 241 Å². The fraction of sp³-hybridized carbons (Fsp3) is 0.722. The molecule has 0 fully saturated rings. The van der Waals surface area contributed by atoms with Gasteiger partial charge in [0.2, 0.25) is 17.7 Å². The summed E-state index contributed by atoms with van der Waals surface area (Å²) in [6.07, 6.45) is 1.78. The van der Waals surface area contributed by atoms with Crippen molar-refractivity contribution >= 4 is 42.3 Å². The van der Waals surface area contributed by atoms with Crippen LogP contribution in [0, 0.1) is 0 Å². The van der Waals surface area contributed by atoms with E-state index in [9.17, 15) is 24.3 Å². The molecule has 3 amide bonds. The molecule has 0 aliphatic rings. The number of unbranched alkanes of at least 4 members (excludes halogenated alkanes) is 1. The van der Waals surface area contributed by atoms with Gasteiger partial charge in [0.1, 0.15) is 18.1 Å². The van der Waals surface area contributed by atoms with Gasteiger partial charge < -0.3 is 44.0 Å². The molecule has 0 aromatic rings. The Morgan fingerprint density at radius 1 is 0.906 bits per heavy atom. The van der Waals surface area contributed by atoms with Gasteiger partial charge >= 0.3 is 5.97 Å². The molecule has 0 spiro atoms. The maximum Gasteiger partial charge on any atom is 0.326 e. The number of aliphatic imine (C=N–C) groups is 1. The Labute approximate surface area is 192 Å². The predicted molar refractivity (Wildman–Crippen MR) is 124 cm³/mol. The van der Waals surface area contributed by atoms with E-state index in [0.29, 0.717) is 25.8 Å². The van der Waals surface area contributed by atoms with Crippen molar-refractivity contribution in [2.45, 2.75) is 63.2 Å². The largest absolute Gasteiger partial charge is 0.480 e. The van der Waals surface area contributed by atoms with Gasteiger partial charge in [-0.05, 0) is 45.6 Å². The molecule has 0 aromatic heterocycles. The minimum atomic E-state index is -1.20. The Bertz CT molecular complexity index is 657. The third-order valence-corrected chi connectivity index (χ3v) is 4.73. The Morgan fingerprint density at radius 3 is 1.94 bits per heavy atom. The minimum Gasteiger partial charge on any atom is -0.480 e. The van der Waals surface area contributed by atoms with Crippen LogP contribution in [-0.4, -0.2) is 77.8 Å². The number of aliphatic carboxylic acids is 1. The number of carboxylic acid groups (broad SMARTS) is 1. The van der Waals surface area contributed by atoms with Gasteiger partial charge in [-0.3, -0.25) is 19.4 Å². The fourth-order valence-corrected chi connectivity index (χ4v) is 2.82. The van der Waals surface area contributed by atoms with Crippen LogP contribution in [-0.2, 0) is 19.2 Å². The van der Waals surface area contributed by atoms with Crippen LogP contribution in [0.1, 0.15) is 39.0 Å². The minimum absolute atomic E-state index is 0.0382. The lowest BCUT2D eigenvalue weighted by molar-refractivity contribution is -0.142. The summed E-state index contributed by atoms with van der Waals surface area (Å²) in [6, 6.07) is -4.09. The molecule has 0 aliphatic heterocycles. The lowest BCUT2D eigenvalue weighted by Crippen LogP contribution is -2.57. The van der Waals surface area contributed by atoms with Crippen molar-refractivity contribution in [1.29, 1.82) is 0 Å². The van der Waals surface area contributed by atoms with Crippen LogP contribution >= 0.6 is 12.6 Å². The van der Waals surface area contributed by atoms with Crippen LogP contribution in [0.15, 0.2) is 4.99 Å². The van der Waals surface area contributed by atoms with E-state index in [2.05, 4.69) is 33.6 Å². The van der Waals surface area contributed by atoms with Gasteiger partial charge in [-0.15, -0.1) is 0 Å². The van der Waals surface area contributed by atoms with E-state index in [4.69, 9.17) is 22.9 Å². The van der Waals surface area contributed by atoms with E-state index in [-0.39, 0.29) is 31.1 Å². The monoisotopic (exact) mass is 476 g/mol. The molecule has 0 aliphatic carbocycles. The molecule has 0 aromatic carbocycles. The van der Waals surface area contributed by atoms with Gasteiger partial charge in [0.05, 0.1) is 6.04 Å². The van der Waals surface area contributed by atoms with Gasteiger partial charge in [-0.1, -0.05) is 0 Å². The summed E-state index contributed by atoms with van der Waals surface area (Å²) in [6.45, 7) is 2.07. The normalized spacial score (nSPS) is 14.4. The van der Waals surface area contributed by atoms with Crippen LogP contribution < -0.4 is 38.9 Å². The van der Waals surface area contributed by atoms with E-state index < -0.39 is 47.9 Å². The number of hydrogen-bond acceptors (Lipinski definition) is 8. The second-order valence-electron chi connectivity index (χ2n) is 7.23. The number of rotatable bonds is 16. The van der Waals surface area contributed by atoms with Gasteiger partial charge in [-0.2, -0.15) is 12.6 Å². The zero-order chi connectivity index (χ0) is 24.7.